The van der Waals surface area contributed by atoms with Gasteiger partial charge in [0.2, 0.25) is 10.0 Å². The zero-order valence-corrected chi connectivity index (χ0v) is 18.8. The number of hydrogen-bond acceptors (Lipinski definition) is 5. The van der Waals surface area contributed by atoms with Crippen molar-refractivity contribution in [3.8, 4) is 11.5 Å². The third kappa shape index (κ3) is 4.98. The molecule has 0 saturated heterocycles. The molecule has 7 nitrogen and oxygen atoms in total. The monoisotopic (exact) mass is 472 g/mol. The SMILES string of the molecule is CS(=O)(=O)N(Cc1ccccc1Cl)c1ccc(C(=O)Nc2ccc3c(c2)OCCO3)cc1. The summed E-state index contributed by atoms with van der Waals surface area (Å²) in [5.41, 5.74) is 2.07. The fraction of sp³-hybridized carbons (Fsp3) is 0.174. The standard InChI is InChI=1S/C23H21ClN2O5S/c1-32(28,29)26(15-17-4-2-3-5-20(17)24)19-9-6-16(7-10-19)23(27)25-18-8-11-21-22(14-18)31-13-12-30-21/h2-11,14H,12-13,15H2,1H3,(H,25,27). The highest BCUT2D eigenvalue weighted by Gasteiger charge is 2.20. The van der Waals surface area contributed by atoms with E-state index in [1.165, 1.54) is 4.31 Å². The summed E-state index contributed by atoms with van der Waals surface area (Å²) >= 11 is 6.20. The first-order chi connectivity index (χ1) is 15.3. The van der Waals surface area contributed by atoms with Gasteiger partial charge in [0, 0.05) is 22.3 Å². The predicted molar refractivity (Wildman–Crippen MR) is 124 cm³/mol. The van der Waals surface area contributed by atoms with Crippen molar-refractivity contribution in [2.24, 2.45) is 0 Å². The highest BCUT2D eigenvalue weighted by Crippen LogP contribution is 2.33. The van der Waals surface area contributed by atoms with Gasteiger partial charge in [-0.05, 0) is 48.0 Å². The lowest BCUT2D eigenvalue weighted by atomic mass is 10.1. The van der Waals surface area contributed by atoms with E-state index in [4.69, 9.17) is 21.1 Å². The molecule has 0 atom stereocenters. The van der Waals surface area contributed by atoms with E-state index in [1.54, 1.807) is 66.7 Å². The van der Waals surface area contributed by atoms with E-state index in [1.807, 2.05) is 0 Å². The molecular formula is C23H21ClN2O5S. The summed E-state index contributed by atoms with van der Waals surface area (Å²) in [6.07, 6.45) is 1.13. The van der Waals surface area contributed by atoms with Crippen LogP contribution in [0.4, 0.5) is 11.4 Å². The predicted octanol–water partition coefficient (Wildman–Crippen LogP) is 4.33. The van der Waals surface area contributed by atoms with E-state index < -0.39 is 10.0 Å². The number of halogens is 1. The van der Waals surface area contributed by atoms with Crippen molar-refractivity contribution in [1.82, 2.24) is 0 Å². The highest BCUT2D eigenvalue weighted by molar-refractivity contribution is 7.92. The normalized spacial score (nSPS) is 12.8. The van der Waals surface area contributed by atoms with E-state index in [-0.39, 0.29) is 12.5 Å². The molecule has 32 heavy (non-hydrogen) atoms. The molecule has 4 rings (SSSR count). The smallest absolute Gasteiger partial charge is 0.255 e. The van der Waals surface area contributed by atoms with Crippen molar-refractivity contribution in [1.29, 1.82) is 0 Å². The van der Waals surface area contributed by atoms with E-state index in [0.717, 1.165) is 6.26 Å². The number of ether oxygens (including phenoxy) is 2. The van der Waals surface area contributed by atoms with Crippen LogP contribution < -0.4 is 19.1 Å². The summed E-state index contributed by atoms with van der Waals surface area (Å²) in [4.78, 5) is 12.7. The first-order valence-electron chi connectivity index (χ1n) is 9.83. The molecule has 0 aromatic heterocycles. The van der Waals surface area contributed by atoms with Gasteiger partial charge in [0.05, 0.1) is 18.5 Å². The summed E-state index contributed by atoms with van der Waals surface area (Å²) < 4.78 is 37.1. The first-order valence-corrected chi connectivity index (χ1v) is 12.1. The molecule has 0 radical (unpaired) electrons. The molecule has 1 N–H and O–H groups in total. The number of sulfonamides is 1. The molecule has 0 fully saturated rings. The number of nitrogens with zero attached hydrogens (tertiary/aromatic N) is 1. The second-order valence-electron chi connectivity index (χ2n) is 7.22. The van der Waals surface area contributed by atoms with Gasteiger partial charge in [-0.1, -0.05) is 29.8 Å². The van der Waals surface area contributed by atoms with Crippen LogP contribution in [0.5, 0.6) is 11.5 Å². The highest BCUT2D eigenvalue weighted by atomic mass is 35.5. The van der Waals surface area contributed by atoms with Crippen LogP contribution >= 0.6 is 11.6 Å². The van der Waals surface area contributed by atoms with Crippen LogP contribution in [0.2, 0.25) is 5.02 Å². The molecule has 0 saturated carbocycles. The molecule has 1 aliphatic heterocycles. The lowest BCUT2D eigenvalue weighted by Crippen LogP contribution is -2.29. The number of rotatable bonds is 6. The third-order valence-corrected chi connectivity index (χ3v) is 6.40. The Labute approximate surface area is 191 Å². The number of carbonyl (C=O) groups excluding carboxylic acids is 1. The molecule has 9 heteroatoms. The van der Waals surface area contributed by atoms with E-state index in [9.17, 15) is 13.2 Å². The van der Waals surface area contributed by atoms with E-state index in [0.29, 0.717) is 52.2 Å². The molecule has 3 aromatic rings. The molecule has 0 unspecified atom stereocenters. The Morgan fingerprint density at radius 2 is 1.69 bits per heavy atom. The number of amides is 1. The van der Waals surface area contributed by atoms with Gasteiger partial charge in [0.25, 0.3) is 5.91 Å². The number of anilines is 2. The number of carbonyl (C=O) groups is 1. The third-order valence-electron chi connectivity index (χ3n) is 4.89. The summed E-state index contributed by atoms with van der Waals surface area (Å²) in [5, 5.41) is 3.29. The largest absolute Gasteiger partial charge is 0.486 e. The lowest BCUT2D eigenvalue weighted by Gasteiger charge is -2.23. The van der Waals surface area contributed by atoms with Gasteiger partial charge >= 0.3 is 0 Å². The summed E-state index contributed by atoms with van der Waals surface area (Å²) in [5.74, 6) is 0.885. The van der Waals surface area contributed by atoms with E-state index >= 15 is 0 Å². The Morgan fingerprint density at radius 1 is 1.00 bits per heavy atom. The van der Waals surface area contributed by atoms with Gasteiger partial charge < -0.3 is 14.8 Å². The molecule has 1 amide bonds. The molecule has 0 aliphatic carbocycles. The van der Waals surface area contributed by atoms with Crippen molar-refractivity contribution < 1.29 is 22.7 Å². The average molecular weight is 473 g/mol. The maximum atomic E-state index is 12.7. The van der Waals surface area contributed by atoms with Gasteiger partial charge in [0.15, 0.2) is 11.5 Å². The van der Waals surface area contributed by atoms with Gasteiger partial charge in [-0.2, -0.15) is 0 Å². The molecule has 3 aromatic carbocycles. The number of fused-ring (bicyclic) bond motifs is 1. The van der Waals surface area contributed by atoms with Crippen LogP contribution in [0, 0.1) is 0 Å². The maximum Gasteiger partial charge on any atom is 0.255 e. The molecule has 1 heterocycles. The van der Waals surface area contributed by atoms with Crippen LogP contribution in [0.3, 0.4) is 0 Å². The molecular weight excluding hydrogens is 452 g/mol. The van der Waals surface area contributed by atoms with Gasteiger partial charge in [-0.15, -0.1) is 0 Å². The minimum atomic E-state index is -3.58. The molecule has 1 aliphatic rings. The number of hydrogen-bond donors (Lipinski definition) is 1. The molecule has 0 bridgehead atoms. The van der Waals surface area contributed by atoms with Gasteiger partial charge in [0.1, 0.15) is 13.2 Å². The summed E-state index contributed by atoms with van der Waals surface area (Å²) in [7, 11) is -3.58. The van der Waals surface area contributed by atoms with Crippen molar-refractivity contribution >= 4 is 38.9 Å². The van der Waals surface area contributed by atoms with Crippen LogP contribution in [0.1, 0.15) is 15.9 Å². The minimum absolute atomic E-state index is 0.0846. The topological polar surface area (TPSA) is 84.9 Å². The fourth-order valence-corrected chi connectivity index (χ4v) is 4.36. The zero-order valence-electron chi connectivity index (χ0n) is 17.2. The lowest BCUT2D eigenvalue weighted by molar-refractivity contribution is 0.102. The Hall–Kier alpha value is -3.23. The Kier molecular flexibility index (Phi) is 6.25. The second kappa shape index (κ2) is 9.10. The van der Waals surface area contributed by atoms with Gasteiger partial charge in [-0.25, -0.2) is 8.42 Å². The first kappa shape index (κ1) is 22.0. The van der Waals surface area contributed by atoms with Crippen molar-refractivity contribution in [3.05, 3.63) is 82.9 Å². The Bertz CT molecular complexity index is 1250. The van der Waals surface area contributed by atoms with Crippen LogP contribution in [0.15, 0.2) is 66.7 Å². The zero-order chi connectivity index (χ0) is 22.7. The number of benzene rings is 3. The fourth-order valence-electron chi connectivity index (χ4n) is 3.28. The quantitative estimate of drug-likeness (QED) is 0.577. The summed E-state index contributed by atoms with van der Waals surface area (Å²) in [6.45, 7) is 1.03. The van der Waals surface area contributed by atoms with Crippen LogP contribution in [0.25, 0.3) is 0 Å². The second-order valence-corrected chi connectivity index (χ2v) is 9.53. The average Bonchev–Trinajstić information content (AvgIpc) is 2.78. The van der Waals surface area contributed by atoms with Crippen molar-refractivity contribution in [2.75, 3.05) is 29.1 Å². The van der Waals surface area contributed by atoms with Crippen LogP contribution in [-0.4, -0.2) is 33.8 Å². The van der Waals surface area contributed by atoms with Gasteiger partial charge in [-0.3, -0.25) is 9.10 Å². The Balaban J connectivity index is 1.52. The summed E-state index contributed by atoms with van der Waals surface area (Å²) in [6, 6.07) is 18.6. The minimum Gasteiger partial charge on any atom is -0.486 e. The maximum absolute atomic E-state index is 12.7. The molecule has 0 spiro atoms. The van der Waals surface area contributed by atoms with Crippen molar-refractivity contribution in [2.45, 2.75) is 6.54 Å². The van der Waals surface area contributed by atoms with E-state index in [2.05, 4.69) is 5.32 Å². The molecule has 166 valence electrons. The van der Waals surface area contributed by atoms with Crippen molar-refractivity contribution in [3.63, 3.8) is 0 Å². The van der Waals surface area contributed by atoms with Crippen LogP contribution in [-0.2, 0) is 16.6 Å². The Morgan fingerprint density at radius 3 is 2.38 bits per heavy atom. The number of nitrogens with one attached hydrogen (secondary N) is 1.